The molecule has 1 rings (SSSR count). The lowest BCUT2D eigenvalue weighted by atomic mass is 10.1. The van der Waals surface area contributed by atoms with Gasteiger partial charge in [0.15, 0.2) is 0 Å². The molecule has 0 aliphatic rings. The monoisotopic (exact) mass is 145 g/mol. The Bertz CT molecular complexity index is 287. The maximum atomic E-state index is 5.51. The van der Waals surface area contributed by atoms with Gasteiger partial charge in [-0.3, -0.25) is 0 Å². The molecule has 1 aromatic carbocycles. The predicted molar refractivity (Wildman–Crippen MR) is 49.8 cm³/mol. The van der Waals surface area contributed by atoms with Crippen molar-refractivity contribution < 1.29 is 0 Å². The summed E-state index contributed by atoms with van der Waals surface area (Å²) in [5, 5.41) is 0. The molecule has 0 bridgehead atoms. The molecule has 2 N–H and O–H groups in total. The SMILES string of the molecule is C=Cc1cccc(C(=C)N)c1. The van der Waals surface area contributed by atoms with E-state index in [1.807, 2.05) is 24.3 Å². The quantitative estimate of drug-likeness (QED) is 0.678. The standard InChI is InChI=1S/C10H11N/c1-3-9-5-4-6-10(7-9)8(2)11/h3-7H,1-2,11H2. The van der Waals surface area contributed by atoms with Crippen molar-refractivity contribution in [2.24, 2.45) is 5.73 Å². The normalized spacial score (nSPS) is 9.09. The summed E-state index contributed by atoms with van der Waals surface area (Å²) in [6, 6.07) is 7.79. The highest BCUT2D eigenvalue weighted by molar-refractivity contribution is 5.63. The highest BCUT2D eigenvalue weighted by Gasteiger charge is 1.92. The van der Waals surface area contributed by atoms with Crippen LogP contribution in [0.1, 0.15) is 11.1 Å². The lowest BCUT2D eigenvalue weighted by Crippen LogP contribution is -1.93. The third-order valence-electron chi connectivity index (χ3n) is 1.49. The van der Waals surface area contributed by atoms with Gasteiger partial charge in [0, 0.05) is 5.70 Å². The fourth-order valence-electron chi connectivity index (χ4n) is 0.865. The minimum atomic E-state index is 0.591. The molecule has 0 fully saturated rings. The first-order valence-electron chi connectivity index (χ1n) is 3.41. The molecule has 0 heterocycles. The Kier molecular flexibility index (Phi) is 2.12. The fourth-order valence-corrected chi connectivity index (χ4v) is 0.865. The van der Waals surface area contributed by atoms with Crippen LogP contribution in [0.25, 0.3) is 11.8 Å². The van der Waals surface area contributed by atoms with Crippen molar-refractivity contribution in [2.45, 2.75) is 0 Å². The zero-order valence-corrected chi connectivity index (χ0v) is 6.38. The van der Waals surface area contributed by atoms with Gasteiger partial charge in [-0.15, -0.1) is 0 Å². The van der Waals surface area contributed by atoms with Crippen molar-refractivity contribution in [3.63, 3.8) is 0 Å². The summed E-state index contributed by atoms with van der Waals surface area (Å²) in [4.78, 5) is 0. The van der Waals surface area contributed by atoms with E-state index < -0.39 is 0 Å². The molecule has 0 aromatic heterocycles. The minimum Gasteiger partial charge on any atom is -0.399 e. The number of benzene rings is 1. The van der Waals surface area contributed by atoms with Crippen LogP contribution in [0.15, 0.2) is 37.4 Å². The van der Waals surface area contributed by atoms with Crippen LogP contribution in [0.2, 0.25) is 0 Å². The van der Waals surface area contributed by atoms with Crippen molar-refractivity contribution >= 4 is 11.8 Å². The number of rotatable bonds is 2. The molecular formula is C10H11N. The molecular weight excluding hydrogens is 134 g/mol. The van der Waals surface area contributed by atoms with E-state index in [4.69, 9.17) is 5.73 Å². The van der Waals surface area contributed by atoms with Gasteiger partial charge in [0.25, 0.3) is 0 Å². The molecule has 0 unspecified atom stereocenters. The fraction of sp³-hybridized carbons (Fsp3) is 0. The van der Waals surface area contributed by atoms with Crippen LogP contribution in [0.4, 0.5) is 0 Å². The van der Waals surface area contributed by atoms with E-state index in [0.29, 0.717) is 5.70 Å². The van der Waals surface area contributed by atoms with Gasteiger partial charge in [-0.2, -0.15) is 0 Å². The van der Waals surface area contributed by atoms with E-state index in [2.05, 4.69) is 13.2 Å². The predicted octanol–water partition coefficient (Wildman–Crippen LogP) is 2.26. The van der Waals surface area contributed by atoms with Crippen LogP contribution in [-0.2, 0) is 0 Å². The van der Waals surface area contributed by atoms with Crippen molar-refractivity contribution in [3.05, 3.63) is 48.6 Å². The van der Waals surface area contributed by atoms with Crippen LogP contribution >= 0.6 is 0 Å². The van der Waals surface area contributed by atoms with Crippen LogP contribution in [0, 0.1) is 0 Å². The largest absolute Gasteiger partial charge is 0.399 e. The first-order valence-corrected chi connectivity index (χ1v) is 3.41. The first kappa shape index (κ1) is 7.61. The van der Waals surface area contributed by atoms with Gasteiger partial charge in [0.1, 0.15) is 0 Å². The Labute approximate surface area is 66.9 Å². The van der Waals surface area contributed by atoms with Gasteiger partial charge in [0.2, 0.25) is 0 Å². The average molecular weight is 145 g/mol. The second kappa shape index (κ2) is 3.06. The van der Waals surface area contributed by atoms with Crippen molar-refractivity contribution in [3.8, 4) is 0 Å². The van der Waals surface area contributed by atoms with Gasteiger partial charge in [-0.05, 0) is 17.2 Å². The number of hydrogen-bond acceptors (Lipinski definition) is 1. The molecule has 11 heavy (non-hydrogen) atoms. The molecule has 0 aliphatic carbocycles. The highest BCUT2D eigenvalue weighted by atomic mass is 14.6. The van der Waals surface area contributed by atoms with Crippen LogP contribution in [0.5, 0.6) is 0 Å². The van der Waals surface area contributed by atoms with Gasteiger partial charge in [0.05, 0.1) is 0 Å². The summed E-state index contributed by atoms with van der Waals surface area (Å²) in [7, 11) is 0. The molecule has 0 radical (unpaired) electrons. The molecule has 0 aliphatic heterocycles. The van der Waals surface area contributed by atoms with Crippen molar-refractivity contribution in [1.29, 1.82) is 0 Å². The molecule has 0 amide bonds. The summed E-state index contributed by atoms with van der Waals surface area (Å²) in [6.45, 7) is 7.31. The van der Waals surface area contributed by atoms with Crippen LogP contribution < -0.4 is 5.73 Å². The minimum absolute atomic E-state index is 0.591. The smallest absolute Gasteiger partial charge is 0.0314 e. The molecule has 0 saturated heterocycles. The van der Waals surface area contributed by atoms with Crippen molar-refractivity contribution in [2.75, 3.05) is 0 Å². The first-order chi connectivity index (χ1) is 5.24. The van der Waals surface area contributed by atoms with Gasteiger partial charge in [-0.25, -0.2) is 0 Å². The van der Waals surface area contributed by atoms with Crippen molar-refractivity contribution in [1.82, 2.24) is 0 Å². The summed E-state index contributed by atoms with van der Waals surface area (Å²) in [5.74, 6) is 0. The summed E-state index contributed by atoms with van der Waals surface area (Å²) >= 11 is 0. The Balaban J connectivity index is 3.10. The van der Waals surface area contributed by atoms with Gasteiger partial charge >= 0.3 is 0 Å². The second-order valence-electron chi connectivity index (χ2n) is 2.35. The van der Waals surface area contributed by atoms with Crippen LogP contribution in [-0.4, -0.2) is 0 Å². The highest BCUT2D eigenvalue weighted by Crippen LogP contribution is 2.10. The molecule has 0 atom stereocenters. The molecule has 0 spiro atoms. The third-order valence-corrected chi connectivity index (χ3v) is 1.49. The Morgan fingerprint density at radius 1 is 1.45 bits per heavy atom. The molecule has 0 saturated carbocycles. The Morgan fingerprint density at radius 2 is 2.18 bits per heavy atom. The van der Waals surface area contributed by atoms with E-state index in [9.17, 15) is 0 Å². The van der Waals surface area contributed by atoms with E-state index in [0.717, 1.165) is 11.1 Å². The topological polar surface area (TPSA) is 26.0 Å². The maximum absolute atomic E-state index is 5.51. The summed E-state index contributed by atoms with van der Waals surface area (Å²) < 4.78 is 0. The van der Waals surface area contributed by atoms with E-state index >= 15 is 0 Å². The van der Waals surface area contributed by atoms with Crippen LogP contribution in [0.3, 0.4) is 0 Å². The molecule has 1 aromatic rings. The van der Waals surface area contributed by atoms with Gasteiger partial charge < -0.3 is 5.73 Å². The van der Waals surface area contributed by atoms with E-state index in [1.165, 1.54) is 0 Å². The second-order valence-corrected chi connectivity index (χ2v) is 2.35. The van der Waals surface area contributed by atoms with E-state index in [-0.39, 0.29) is 0 Å². The van der Waals surface area contributed by atoms with E-state index in [1.54, 1.807) is 6.08 Å². The average Bonchev–Trinajstić information content (AvgIpc) is 2.05. The lowest BCUT2D eigenvalue weighted by molar-refractivity contribution is 1.52. The Hall–Kier alpha value is -1.50. The number of hydrogen-bond donors (Lipinski definition) is 1. The molecule has 1 nitrogen and oxygen atoms in total. The molecule has 56 valence electrons. The summed E-state index contributed by atoms with van der Waals surface area (Å²) in [6.07, 6.45) is 1.78. The molecule has 1 heteroatoms. The van der Waals surface area contributed by atoms with Gasteiger partial charge in [-0.1, -0.05) is 37.4 Å². The third kappa shape index (κ3) is 1.71. The number of nitrogens with two attached hydrogens (primary N) is 1. The maximum Gasteiger partial charge on any atom is 0.0314 e. The lowest BCUT2D eigenvalue weighted by Gasteiger charge is -1.99. The zero-order chi connectivity index (χ0) is 8.27. The summed E-state index contributed by atoms with van der Waals surface area (Å²) in [5.41, 5.74) is 8.12. The Morgan fingerprint density at radius 3 is 2.73 bits per heavy atom. The zero-order valence-electron chi connectivity index (χ0n) is 6.38.